The maximum atomic E-state index is 12.8. The zero-order chi connectivity index (χ0) is 21.0. The standard InChI is InChI=1S/C22H25N3O5/c1-12-6-9-30-19(12)20(27)23-15-4-7-24(8-5-15)16(26)11-25-21(28)17-13-2-3-14(10-13)18(17)22(25)29/h2-3,6,9,13-15,17-18H,4-5,7-8,10-11H2,1H3,(H,23,27). The van der Waals surface area contributed by atoms with Crippen LogP contribution in [0.4, 0.5) is 0 Å². The predicted molar refractivity (Wildman–Crippen MR) is 105 cm³/mol. The van der Waals surface area contributed by atoms with Crippen molar-refractivity contribution in [1.82, 2.24) is 15.1 Å². The number of carbonyl (C=O) groups is 4. The van der Waals surface area contributed by atoms with Crippen molar-refractivity contribution in [3.63, 3.8) is 0 Å². The number of likely N-dealkylation sites (tertiary alicyclic amines) is 2. The number of amides is 4. The fourth-order valence-electron chi connectivity index (χ4n) is 5.48. The minimum absolute atomic E-state index is 0.0397. The average molecular weight is 411 g/mol. The summed E-state index contributed by atoms with van der Waals surface area (Å²) in [6, 6.07) is 1.70. The minimum Gasteiger partial charge on any atom is -0.459 e. The summed E-state index contributed by atoms with van der Waals surface area (Å²) < 4.78 is 5.22. The quantitative estimate of drug-likeness (QED) is 0.591. The van der Waals surface area contributed by atoms with Crippen LogP contribution in [0.1, 0.15) is 35.4 Å². The number of rotatable bonds is 4. The second-order valence-electron chi connectivity index (χ2n) is 8.82. The van der Waals surface area contributed by atoms with Crippen molar-refractivity contribution in [2.45, 2.75) is 32.2 Å². The van der Waals surface area contributed by atoms with E-state index in [0.29, 0.717) is 31.7 Å². The van der Waals surface area contributed by atoms with E-state index in [1.54, 1.807) is 11.0 Å². The highest BCUT2D eigenvalue weighted by atomic mass is 16.3. The van der Waals surface area contributed by atoms with Gasteiger partial charge in [-0.05, 0) is 44.1 Å². The highest BCUT2D eigenvalue weighted by molar-refractivity contribution is 6.08. The van der Waals surface area contributed by atoms with Crippen molar-refractivity contribution in [3.05, 3.63) is 35.8 Å². The smallest absolute Gasteiger partial charge is 0.287 e. The molecule has 0 spiro atoms. The molecule has 2 bridgehead atoms. The number of nitrogens with one attached hydrogen (secondary N) is 1. The second-order valence-corrected chi connectivity index (χ2v) is 8.82. The van der Waals surface area contributed by atoms with E-state index in [1.165, 1.54) is 11.2 Å². The van der Waals surface area contributed by atoms with Crippen LogP contribution in [0.5, 0.6) is 0 Å². The molecule has 158 valence electrons. The molecule has 30 heavy (non-hydrogen) atoms. The van der Waals surface area contributed by atoms with Crippen LogP contribution in [0.25, 0.3) is 0 Å². The molecule has 1 saturated carbocycles. The fourth-order valence-corrected chi connectivity index (χ4v) is 5.48. The molecule has 1 aromatic rings. The molecule has 3 heterocycles. The summed E-state index contributed by atoms with van der Waals surface area (Å²) in [5, 5.41) is 2.96. The van der Waals surface area contributed by atoms with E-state index < -0.39 is 0 Å². The van der Waals surface area contributed by atoms with E-state index in [1.807, 2.05) is 19.1 Å². The molecule has 4 unspecified atom stereocenters. The summed E-state index contributed by atoms with van der Waals surface area (Å²) in [4.78, 5) is 53.4. The molecule has 3 fully saturated rings. The summed E-state index contributed by atoms with van der Waals surface area (Å²) in [6.45, 7) is 2.61. The Hall–Kier alpha value is -2.90. The van der Waals surface area contributed by atoms with Gasteiger partial charge in [0.2, 0.25) is 17.7 Å². The molecular formula is C22H25N3O5. The van der Waals surface area contributed by atoms with Crippen molar-refractivity contribution in [1.29, 1.82) is 0 Å². The van der Waals surface area contributed by atoms with Gasteiger partial charge in [-0.15, -0.1) is 0 Å². The first kappa shape index (κ1) is 19.1. The maximum Gasteiger partial charge on any atom is 0.287 e. The summed E-state index contributed by atoms with van der Waals surface area (Å²) in [5.41, 5.74) is 0.786. The lowest BCUT2D eigenvalue weighted by Crippen LogP contribution is -2.50. The van der Waals surface area contributed by atoms with Crippen molar-refractivity contribution in [2.75, 3.05) is 19.6 Å². The monoisotopic (exact) mass is 411 g/mol. The minimum atomic E-state index is -0.272. The van der Waals surface area contributed by atoms with Gasteiger partial charge in [0.1, 0.15) is 6.54 Å². The van der Waals surface area contributed by atoms with Gasteiger partial charge in [-0.1, -0.05) is 12.2 Å². The highest BCUT2D eigenvalue weighted by Crippen LogP contribution is 2.52. The van der Waals surface area contributed by atoms with Crippen LogP contribution >= 0.6 is 0 Å². The van der Waals surface area contributed by atoms with Crippen molar-refractivity contribution < 1.29 is 23.6 Å². The van der Waals surface area contributed by atoms with Crippen molar-refractivity contribution in [3.8, 4) is 0 Å². The molecule has 2 saturated heterocycles. The molecule has 1 N–H and O–H groups in total. The van der Waals surface area contributed by atoms with E-state index in [9.17, 15) is 19.2 Å². The largest absolute Gasteiger partial charge is 0.459 e. The van der Waals surface area contributed by atoms with Crippen LogP contribution in [0, 0.1) is 30.6 Å². The third-order valence-corrected chi connectivity index (χ3v) is 7.11. The molecule has 1 aromatic heterocycles. The van der Waals surface area contributed by atoms with E-state index >= 15 is 0 Å². The number of hydrogen-bond acceptors (Lipinski definition) is 5. The Kier molecular flexibility index (Phi) is 4.52. The van der Waals surface area contributed by atoms with Crippen molar-refractivity contribution in [2.24, 2.45) is 23.7 Å². The SMILES string of the molecule is Cc1ccoc1C(=O)NC1CCN(C(=O)CN2C(=O)C3C4C=CC(C4)C3C2=O)CC1. The number of hydrogen-bond donors (Lipinski definition) is 1. The number of imide groups is 1. The van der Waals surface area contributed by atoms with E-state index in [0.717, 1.165) is 12.0 Å². The first-order valence-electron chi connectivity index (χ1n) is 10.6. The number of fused-ring (bicyclic) bond motifs is 5. The lowest BCUT2D eigenvalue weighted by molar-refractivity contribution is -0.147. The molecule has 2 aliphatic heterocycles. The molecular weight excluding hydrogens is 386 g/mol. The van der Waals surface area contributed by atoms with Gasteiger partial charge in [0.15, 0.2) is 5.76 Å². The molecule has 4 aliphatic rings. The Morgan fingerprint density at radius 2 is 1.73 bits per heavy atom. The molecule has 8 nitrogen and oxygen atoms in total. The average Bonchev–Trinajstić information content (AvgIpc) is 3.50. The summed E-state index contributed by atoms with van der Waals surface area (Å²) in [7, 11) is 0. The Labute approximate surface area is 174 Å². The number of carbonyl (C=O) groups excluding carboxylic acids is 4. The third-order valence-electron chi connectivity index (χ3n) is 7.11. The summed E-state index contributed by atoms with van der Waals surface area (Å²) >= 11 is 0. The van der Waals surface area contributed by atoms with Gasteiger partial charge in [-0.2, -0.15) is 0 Å². The van der Waals surface area contributed by atoms with E-state index in [-0.39, 0.29) is 59.9 Å². The Balaban J connectivity index is 1.14. The fraction of sp³-hybridized carbons (Fsp3) is 0.545. The van der Waals surface area contributed by atoms with Crippen LogP contribution in [0.15, 0.2) is 28.9 Å². The molecule has 8 heteroatoms. The lowest BCUT2D eigenvalue weighted by atomic mass is 9.85. The molecule has 2 aliphatic carbocycles. The number of nitrogens with zero attached hydrogens (tertiary/aromatic N) is 2. The maximum absolute atomic E-state index is 12.8. The number of piperidine rings is 1. The topological polar surface area (TPSA) is 99.9 Å². The number of furan rings is 1. The normalized spacial score (nSPS) is 30.3. The first-order valence-corrected chi connectivity index (χ1v) is 10.6. The highest BCUT2D eigenvalue weighted by Gasteiger charge is 2.59. The zero-order valence-corrected chi connectivity index (χ0v) is 16.9. The first-order chi connectivity index (χ1) is 14.4. The summed E-state index contributed by atoms with van der Waals surface area (Å²) in [6.07, 6.45) is 7.71. The lowest BCUT2D eigenvalue weighted by Gasteiger charge is -2.33. The van der Waals surface area contributed by atoms with Crippen LogP contribution in [0.3, 0.4) is 0 Å². The van der Waals surface area contributed by atoms with E-state index in [4.69, 9.17) is 4.42 Å². The second kappa shape index (κ2) is 7.11. The Morgan fingerprint density at radius 3 is 2.30 bits per heavy atom. The van der Waals surface area contributed by atoms with Gasteiger partial charge in [0.05, 0.1) is 18.1 Å². The number of aryl methyl sites for hydroxylation is 1. The third kappa shape index (κ3) is 2.97. The molecule has 5 rings (SSSR count). The van der Waals surface area contributed by atoms with E-state index in [2.05, 4.69) is 5.32 Å². The van der Waals surface area contributed by atoms with Crippen LogP contribution in [-0.2, 0) is 14.4 Å². The van der Waals surface area contributed by atoms with Gasteiger partial charge in [-0.3, -0.25) is 24.1 Å². The van der Waals surface area contributed by atoms with Crippen LogP contribution < -0.4 is 5.32 Å². The van der Waals surface area contributed by atoms with Gasteiger partial charge >= 0.3 is 0 Å². The Bertz CT molecular complexity index is 912. The van der Waals surface area contributed by atoms with Crippen LogP contribution in [0.2, 0.25) is 0 Å². The zero-order valence-electron chi connectivity index (χ0n) is 16.9. The molecule has 4 amide bonds. The predicted octanol–water partition coefficient (Wildman–Crippen LogP) is 1.12. The van der Waals surface area contributed by atoms with Crippen molar-refractivity contribution >= 4 is 23.6 Å². The van der Waals surface area contributed by atoms with Gasteiger partial charge in [-0.25, -0.2) is 0 Å². The van der Waals surface area contributed by atoms with Gasteiger partial charge in [0.25, 0.3) is 5.91 Å². The van der Waals surface area contributed by atoms with Gasteiger partial charge in [0, 0.05) is 24.7 Å². The van der Waals surface area contributed by atoms with Gasteiger partial charge < -0.3 is 14.6 Å². The van der Waals surface area contributed by atoms with Crippen LogP contribution in [-0.4, -0.2) is 59.1 Å². The summed E-state index contributed by atoms with van der Waals surface area (Å²) in [5.74, 6) is -0.764. The molecule has 0 radical (unpaired) electrons. The molecule has 0 aromatic carbocycles. The number of allylic oxidation sites excluding steroid dienone is 2. The molecule has 4 atom stereocenters. The Morgan fingerprint density at radius 1 is 1.10 bits per heavy atom.